The molecule has 0 spiro atoms. The number of rotatable bonds is 4. The first-order valence-electron chi connectivity index (χ1n) is 6.76. The van der Waals surface area contributed by atoms with Gasteiger partial charge < -0.3 is 10.2 Å². The highest BCUT2D eigenvalue weighted by atomic mass is 35.5. The van der Waals surface area contributed by atoms with Gasteiger partial charge in [-0.3, -0.25) is 4.79 Å². The average molecular weight is 261 g/mol. The second-order valence-corrected chi connectivity index (χ2v) is 5.34. The summed E-state index contributed by atoms with van der Waals surface area (Å²) >= 11 is 0. The highest BCUT2D eigenvalue weighted by molar-refractivity contribution is 5.85. The molecule has 100 valence electrons. The van der Waals surface area contributed by atoms with Crippen molar-refractivity contribution in [3.05, 3.63) is 0 Å². The van der Waals surface area contributed by atoms with Crippen molar-refractivity contribution in [1.29, 1.82) is 0 Å². The molecule has 1 heterocycles. The quantitative estimate of drug-likeness (QED) is 0.841. The Morgan fingerprint density at radius 3 is 2.59 bits per heavy atom. The largest absolute Gasteiger partial charge is 0.339 e. The van der Waals surface area contributed by atoms with E-state index in [1.807, 2.05) is 0 Å². The third kappa shape index (κ3) is 3.85. The number of nitrogens with zero attached hydrogens (tertiary/aromatic N) is 1. The minimum absolute atomic E-state index is 0. The van der Waals surface area contributed by atoms with Gasteiger partial charge in [0.05, 0.1) is 0 Å². The molecular formula is C13H25ClN2O. The summed E-state index contributed by atoms with van der Waals surface area (Å²) in [5.41, 5.74) is 0. The van der Waals surface area contributed by atoms with Gasteiger partial charge in [-0.2, -0.15) is 0 Å². The minimum Gasteiger partial charge on any atom is -0.339 e. The Bertz CT molecular complexity index is 256. The first-order valence-corrected chi connectivity index (χ1v) is 6.76. The Hall–Kier alpha value is -0.280. The van der Waals surface area contributed by atoms with E-state index >= 15 is 0 Å². The number of hydrogen-bond acceptors (Lipinski definition) is 2. The number of halogens is 1. The molecule has 1 amide bonds. The van der Waals surface area contributed by atoms with Crippen LogP contribution in [0, 0.1) is 5.92 Å². The van der Waals surface area contributed by atoms with Gasteiger partial charge in [-0.15, -0.1) is 12.4 Å². The monoisotopic (exact) mass is 260 g/mol. The van der Waals surface area contributed by atoms with Crippen LogP contribution in [-0.2, 0) is 4.79 Å². The van der Waals surface area contributed by atoms with E-state index in [1.54, 1.807) is 0 Å². The summed E-state index contributed by atoms with van der Waals surface area (Å²) in [5.74, 6) is 0.709. The highest BCUT2D eigenvalue weighted by Crippen LogP contribution is 2.30. The second-order valence-electron chi connectivity index (χ2n) is 5.34. The SMILES string of the molecule is CCCN(C(=O)[C@H]1CCN[C@@H](C)C1)C1CC1.Cl. The molecule has 1 N–H and O–H groups in total. The molecule has 2 aliphatic rings. The van der Waals surface area contributed by atoms with E-state index in [2.05, 4.69) is 24.1 Å². The van der Waals surface area contributed by atoms with E-state index in [1.165, 1.54) is 12.8 Å². The molecule has 1 aliphatic heterocycles. The van der Waals surface area contributed by atoms with E-state index in [-0.39, 0.29) is 18.3 Å². The molecule has 2 atom stereocenters. The Kier molecular flexibility index (Phi) is 5.74. The van der Waals surface area contributed by atoms with Gasteiger partial charge in [0, 0.05) is 24.5 Å². The maximum absolute atomic E-state index is 12.4. The van der Waals surface area contributed by atoms with Crippen LogP contribution in [-0.4, -0.2) is 36.0 Å². The fourth-order valence-corrected chi connectivity index (χ4v) is 2.69. The lowest BCUT2D eigenvalue weighted by Gasteiger charge is -2.32. The third-order valence-corrected chi connectivity index (χ3v) is 3.71. The van der Waals surface area contributed by atoms with Crippen molar-refractivity contribution < 1.29 is 4.79 Å². The zero-order valence-corrected chi connectivity index (χ0v) is 11.8. The third-order valence-electron chi connectivity index (χ3n) is 3.71. The lowest BCUT2D eigenvalue weighted by molar-refractivity contribution is -0.137. The summed E-state index contributed by atoms with van der Waals surface area (Å²) in [6, 6.07) is 1.09. The smallest absolute Gasteiger partial charge is 0.226 e. The van der Waals surface area contributed by atoms with Gasteiger partial charge in [0.15, 0.2) is 0 Å². The van der Waals surface area contributed by atoms with Crippen molar-refractivity contribution in [2.24, 2.45) is 5.92 Å². The maximum atomic E-state index is 12.4. The molecule has 17 heavy (non-hydrogen) atoms. The zero-order chi connectivity index (χ0) is 11.5. The van der Waals surface area contributed by atoms with Crippen LogP contribution in [0.25, 0.3) is 0 Å². The minimum atomic E-state index is 0. The number of hydrogen-bond donors (Lipinski definition) is 1. The number of nitrogens with one attached hydrogen (secondary N) is 1. The average Bonchev–Trinajstić information content (AvgIpc) is 3.09. The molecule has 3 nitrogen and oxygen atoms in total. The molecular weight excluding hydrogens is 236 g/mol. The van der Waals surface area contributed by atoms with Crippen molar-refractivity contribution in [3.63, 3.8) is 0 Å². The lowest BCUT2D eigenvalue weighted by atomic mass is 9.92. The normalized spacial score (nSPS) is 28.4. The van der Waals surface area contributed by atoms with Crippen LogP contribution in [0.1, 0.15) is 46.0 Å². The van der Waals surface area contributed by atoms with Crippen LogP contribution < -0.4 is 5.32 Å². The van der Waals surface area contributed by atoms with Crippen LogP contribution in [0.3, 0.4) is 0 Å². The molecule has 0 aromatic carbocycles. The highest BCUT2D eigenvalue weighted by Gasteiger charge is 2.36. The number of carbonyl (C=O) groups excluding carboxylic acids is 1. The summed E-state index contributed by atoms with van der Waals surface area (Å²) in [7, 11) is 0. The van der Waals surface area contributed by atoms with Crippen LogP contribution >= 0.6 is 12.4 Å². The molecule has 0 bridgehead atoms. The molecule has 1 saturated heterocycles. The van der Waals surface area contributed by atoms with Gasteiger partial charge in [0.25, 0.3) is 0 Å². The Morgan fingerprint density at radius 2 is 2.06 bits per heavy atom. The van der Waals surface area contributed by atoms with Crippen LogP contribution in [0.5, 0.6) is 0 Å². The zero-order valence-electron chi connectivity index (χ0n) is 10.9. The molecule has 0 radical (unpaired) electrons. The van der Waals surface area contributed by atoms with Crippen molar-refractivity contribution in [2.45, 2.75) is 58.0 Å². The van der Waals surface area contributed by atoms with Crippen LogP contribution in [0.2, 0.25) is 0 Å². The predicted octanol–water partition coefficient (Wildman–Crippen LogP) is 2.20. The van der Waals surface area contributed by atoms with Crippen molar-refractivity contribution in [3.8, 4) is 0 Å². The summed E-state index contributed by atoms with van der Waals surface area (Å²) in [4.78, 5) is 14.6. The van der Waals surface area contributed by atoms with E-state index in [9.17, 15) is 4.79 Å². The number of amides is 1. The molecule has 0 aromatic rings. The van der Waals surface area contributed by atoms with E-state index in [0.717, 1.165) is 32.4 Å². The van der Waals surface area contributed by atoms with Gasteiger partial charge >= 0.3 is 0 Å². The fraction of sp³-hybridized carbons (Fsp3) is 0.923. The predicted molar refractivity (Wildman–Crippen MR) is 72.5 cm³/mol. The van der Waals surface area contributed by atoms with Gasteiger partial charge in [-0.05, 0) is 45.6 Å². The molecule has 1 aliphatic carbocycles. The molecule has 0 unspecified atom stereocenters. The molecule has 2 rings (SSSR count). The Morgan fingerprint density at radius 1 is 1.35 bits per heavy atom. The van der Waals surface area contributed by atoms with E-state index in [4.69, 9.17) is 0 Å². The Labute approximate surface area is 111 Å². The summed E-state index contributed by atoms with van der Waals surface area (Å²) < 4.78 is 0. The fourth-order valence-electron chi connectivity index (χ4n) is 2.69. The first-order chi connectivity index (χ1) is 7.72. The summed E-state index contributed by atoms with van der Waals surface area (Å²) in [6.07, 6.45) is 5.59. The Balaban J connectivity index is 0.00000144. The van der Waals surface area contributed by atoms with E-state index in [0.29, 0.717) is 18.0 Å². The lowest BCUT2D eigenvalue weighted by Crippen LogP contribution is -2.45. The topological polar surface area (TPSA) is 32.3 Å². The van der Waals surface area contributed by atoms with Crippen molar-refractivity contribution in [1.82, 2.24) is 10.2 Å². The maximum Gasteiger partial charge on any atom is 0.226 e. The number of piperidine rings is 1. The summed E-state index contributed by atoms with van der Waals surface area (Å²) in [5, 5.41) is 3.41. The molecule has 1 saturated carbocycles. The molecule has 0 aromatic heterocycles. The van der Waals surface area contributed by atoms with Gasteiger partial charge in [0.2, 0.25) is 5.91 Å². The van der Waals surface area contributed by atoms with Gasteiger partial charge in [-0.25, -0.2) is 0 Å². The molecule has 4 heteroatoms. The standard InChI is InChI=1S/C13H24N2O.ClH/c1-3-8-15(12-4-5-12)13(16)11-6-7-14-10(2)9-11;/h10-12,14H,3-9H2,1-2H3;1H/t10-,11-;/m0./s1. The van der Waals surface area contributed by atoms with Crippen LogP contribution in [0.4, 0.5) is 0 Å². The second kappa shape index (κ2) is 6.60. The number of carbonyl (C=O) groups is 1. The first kappa shape index (κ1) is 14.8. The van der Waals surface area contributed by atoms with Gasteiger partial charge in [0.1, 0.15) is 0 Å². The summed E-state index contributed by atoms with van der Waals surface area (Å²) in [6.45, 7) is 6.30. The van der Waals surface area contributed by atoms with Gasteiger partial charge in [-0.1, -0.05) is 6.92 Å². The van der Waals surface area contributed by atoms with Crippen molar-refractivity contribution in [2.75, 3.05) is 13.1 Å². The van der Waals surface area contributed by atoms with Crippen molar-refractivity contribution >= 4 is 18.3 Å². The van der Waals surface area contributed by atoms with Crippen LogP contribution in [0.15, 0.2) is 0 Å². The molecule has 2 fully saturated rings. The van der Waals surface area contributed by atoms with E-state index < -0.39 is 0 Å².